The Balaban J connectivity index is 1.54. The maximum Gasteiger partial charge on any atom is 0.277 e. The van der Waals surface area contributed by atoms with Crippen LogP contribution in [0.5, 0.6) is 0 Å². The third kappa shape index (κ3) is 4.81. The molecule has 0 unspecified atom stereocenters. The van der Waals surface area contributed by atoms with Gasteiger partial charge in [0.25, 0.3) is 5.91 Å². The fourth-order valence-corrected chi connectivity index (χ4v) is 5.63. The second-order valence-electron chi connectivity index (χ2n) is 11.1. The lowest BCUT2D eigenvalue weighted by molar-refractivity contribution is -0.127. The molecule has 2 aliphatic rings. The first kappa shape index (κ1) is 25.2. The average Bonchev–Trinajstić information content (AvgIpc) is 3.33. The van der Waals surface area contributed by atoms with E-state index in [1.54, 1.807) is 9.58 Å². The molecule has 1 saturated carbocycles. The Labute approximate surface area is 220 Å². The van der Waals surface area contributed by atoms with Gasteiger partial charge in [-0.15, -0.1) is 0 Å². The van der Waals surface area contributed by atoms with Gasteiger partial charge in [0.1, 0.15) is 11.2 Å². The van der Waals surface area contributed by atoms with Crippen molar-refractivity contribution in [3.8, 4) is 11.3 Å². The summed E-state index contributed by atoms with van der Waals surface area (Å²) in [4.78, 5) is 29.7. The fourth-order valence-electron chi connectivity index (χ4n) is 5.63. The van der Waals surface area contributed by atoms with Crippen LogP contribution < -0.4 is 10.2 Å². The maximum absolute atomic E-state index is 14.1. The van der Waals surface area contributed by atoms with Gasteiger partial charge in [-0.3, -0.25) is 19.2 Å². The fraction of sp³-hybridized carbons (Fsp3) is 0.452. The zero-order chi connectivity index (χ0) is 26.2. The van der Waals surface area contributed by atoms with Crippen LogP contribution in [-0.4, -0.2) is 33.2 Å². The van der Waals surface area contributed by atoms with Gasteiger partial charge < -0.3 is 5.32 Å². The number of benzene rings is 2. The van der Waals surface area contributed by atoms with Crippen LogP contribution in [0.4, 0.5) is 5.69 Å². The highest BCUT2D eigenvalue weighted by Crippen LogP contribution is 2.35. The third-order valence-corrected chi connectivity index (χ3v) is 8.06. The molecule has 1 N–H and O–H groups in total. The molecule has 6 heteroatoms. The number of hydrogen-bond donors (Lipinski definition) is 1. The standard InChI is InChI=1S/C31H38N4O2/c1-5-22-11-13-24(14-12-22)27-19-28-29(36)35(26-17-15-23(16-18-26)21(2)3)31(4,20-34(28)33-27)30(37)32-25-9-7-6-8-10-25/h11-19,21,25H,5-10,20H2,1-4H3,(H,32,37)/t31-/m1/s1. The summed E-state index contributed by atoms with van der Waals surface area (Å²) in [5.41, 5.74) is 4.31. The van der Waals surface area contributed by atoms with E-state index in [1.807, 2.05) is 25.1 Å². The van der Waals surface area contributed by atoms with Crippen molar-refractivity contribution in [1.29, 1.82) is 0 Å². The molecule has 0 spiro atoms. The zero-order valence-electron chi connectivity index (χ0n) is 22.5. The van der Waals surface area contributed by atoms with Gasteiger partial charge >= 0.3 is 0 Å². The molecule has 5 rings (SSSR count). The molecule has 0 bridgehead atoms. The highest BCUT2D eigenvalue weighted by Gasteiger charge is 2.49. The van der Waals surface area contributed by atoms with Gasteiger partial charge in [-0.1, -0.05) is 76.4 Å². The highest BCUT2D eigenvalue weighted by molar-refractivity contribution is 6.12. The molecule has 1 aliphatic heterocycles. The highest BCUT2D eigenvalue weighted by atomic mass is 16.2. The lowest BCUT2D eigenvalue weighted by Gasteiger charge is -2.44. The van der Waals surface area contributed by atoms with E-state index in [9.17, 15) is 9.59 Å². The number of anilines is 1. The van der Waals surface area contributed by atoms with E-state index in [2.05, 4.69) is 62.5 Å². The van der Waals surface area contributed by atoms with Crippen LogP contribution in [0.15, 0.2) is 54.6 Å². The molecule has 194 valence electrons. The summed E-state index contributed by atoms with van der Waals surface area (Å²) in [5.74, 6) is 0.0691. The van der Waals surface area contributed by atoms with Crippen LogP contribution in [0.2, 0.25) is 0 Å². The van der Waals surface area contributed by atoms with Crippen molar-refractivity contribution in [1.82, 2.24) is 15.1 Å². The summed E-state index contributed by atoms with van der Waals surface area (Å²) < 4.78 is 1.73. The van der Waals surface area contributed by atoms with E-state index in [4.69, 9.17) is 5.10 Å². The van der Waals surface area contributed by atoms with Gasteiger partial charge in [-0.05, 0) is 61.4 Å². The van der Waals surface area contributed by atoms with Gasteiger partial charge in [-0.2, -0.15) is 5.10 Å². The van der Waals surface area contributed by atoms with Gasteiger partial charge in [0.2, 0.25) is 5.91 Å². The lowest BCUT2D eigenvalue weighted by Crippen LogP contribution is -2.65. The SMILES string of the molecule is CCc1ccc(-c2cc3n(n2)C[C@](C)(C(=O)NC2CCCCC2)N(c2ccc(C(C)C)cc2)C3=O)cc1. The first-order valence-corrected chi connectivity index (χ1v) is 13.7. The van der Waals surface area contributed by atoms with Crippen LogP contribution in [0.3, 0.4) is 0 Å². The van der Waals surface area contributed by atoms with E-state index >= 15 is 0 Å². The summed E-state index contributed by atoms with van der Waals surface area (Å²) in [7, 11) is 0. The molecular weight excluding hydrogens is 460 g/mol. The van der Waals surface area contributed by atoms with Gasteiger partial charge in [0, 0.05) is 17.3 Å². The number of hydrogen-bond acceptors (Lipinski definition) is 3. The number of carbonyl (C=O) groups excluding carboxylic acids is 2. The van der Waals surface area contributed by atoms with Crippen LogP contribution in [0.1, 0.15) is 87.3 Å². The normalized spacial score (nSPS) is 20.2. The summed E-state index contributed by atoms with van der Waals surface area (Å²) in [6, 6.07) is 18.4. The first-order valence-electron chi connectivity index (χ1n) is 13.7. The number of aromatic nitrogens is 2. The molecule has 2 heterocycles. The Morgan fingerprint density at radius 2 is 1.73 bits per heavy atom. The van der Waals surface area contributed by atoms with Crippen molar-refractivity contribution >= 4 is 17.5 Å². The molecule has 6 nitrogen and oxygen atoms in total. The van der Waals surface area contributed by atoms with E-state index in [1.165, 1.54) is 17.5 Å². The number of aryl methyl sites for hydroxylation is 1. The summed E-state index contributed by atoms with van der Waals surface area (Å²) >= 11 is 0. The van der Waals surface area contributed by atoms with Crippen LogP contribution >= 0.6 is 0 Å². The number of amides is 2. The van der Waals surface area contributed by atoms with Crippen LogP contribution in [-0.2, 0) is 17.8 Å². The second-order valence-corrected chi connectivity index (χ2v) is 11.1. The van der Waals surface area contributed by atoms with E-state index < -0.39 is 5.54 Å². The number of fused-ring (bicyclic) bond motifs is 1. The molecule has 3 aromatic rings. The topological polar surface area (TPSA) is 67.2 Å². The van der Waals surface area contributed by atoms with E-state index in [-0.39, 0.29) is 17.9 Å². The molecule has 1 aliphatic carbocycles. The predicted octanol–water partition coefficient (Wildman–Crippen LogP) is 6.10. The second kappa shape index (κ2) is 10.2. The van der Waals surface area contributed by atoms with Crippen molar-refractivity contribution < 1.29 is 9.59 Å². The quantitative estimate of drug-likeness (QED) is 0.446. The molecule has 1 atom stereocenters. The number of nitrogens with zero attached hydrogens (tertiary/aromatic N) is 3. The summed E-state index contributed by atoms with van der Waals surface area (Å²) in [5, 5.41) is 8.09. The van der Waals surface area contributed by atoms with Crippen molar-refractivity contribution in [2.75, 3.05) is 4.90 Å². The summed E-state index contributed by atoms with van der Waals surface area (Å²) in [6.45, 7) is 8.60. The zero-order valence-corrected chi connectivity index (χ0v) is 22.5. The molecule has 1 aromatic heterocycles. The third-order valence-electron chi connectivity index (χ3n) is 8.06. The molecule has 0 saturated heterocycles. The Kier molecular flexibility index (Phi) is 6.93. The lowest BCUT2D eigenvalue weighted by atomic mass is 9.91. The van der Waals surface area contributed by atoms with Gasteiger partial charge in [0.15, 0.2) is 0 Å². The number of rotatable bonds is 6. The summed E-state index contributed by atoms with van der Waals surface area (Å²) in [6.07, 6.45) is 6.43. The largest absolute Gasteiger partial charge is 0.351 e. The minimum Gasteiger partial charge on any atom is -0.351 e. The molecule has 37 heavy (non-hydrogen) atoms. The minimum absolute atomic E-state index is 0.115. The molecule has 2 aromatic carbocycles. The Morgan fingerprint density at radius 3 is 2.35 bits per heavy atom. The average molecular weight is 499 g/mol. The van der Waals surface area contributed by atoms with Gasteiger partial charge in [0.05, 0.1) is 12.2 Å². The Hall–Kier alpha value is -3.41. The first-order chi connectivity index (χ1) is 17.8. The monoisotopic (exact) mass is 498 g/mol. The van der Waals surface area contributed by atoms with Crippen molar-refractivity contribution in [3.05, 3.63) is 71.4 Å². The molecule has 1 fully saturated rings. The van der Waals surface area contributed by atoms with E-state index in [0.717, 1.165) is 49.0 Å². The number of nitrogens with one attached hydrogen (secondary N) is 1. The Bertz CT molecular complexity index is 1270. The number of carbonyl (C=O) groups is 2. The van der Waals surface area contributed by atoms with Crippen LogP contribution in [0, 0.1) is 0 Å². The predicted molar refractivity (Wildman–Crippen MR) is 148 cm³/mol. The Morgan fingerprint density at radius 1 is 1.05 bits per heavy atom. The van der Waals surface area contributed by atoms with Crippen molar-refractivity contribution in [2.45, 2.75) is 90.3 Å². The molecule has 2 amide bonds. The van der Waals surface area contributed by atoms with Crippen LogP contribution in [0.25, 0.3) is 11.3 Å². The maximum atomic E-state index is 14.1. The molecular formula is C31H38N4O2. The van der Waals surface area contributed by atoms with Crippen molar-refractivity contribution in [2.24, 2.45) is 0 Å². The van der Waals surface area contributed by atoms with E-state index in [0.29, 0.717) is 18.2 Å². The van der Waals surface area contributed by atoms with Gasteiger partial charge in [-0.25, -0.2) is 0 Å². The minimum atomic E-state index is -1.10. The molecule has 0 radical (unpaired) electrons. The smallest absolute Gasteiger partial charge is 0.277 e. The van der Waals surface area contributed by atoms with Crippen molar-refractivity contribution in [3.63, 3.8) is 0 Å².